The molecule has 0 saturated carbocycles. The van der Waals surface area contributed by atoms with Gasteiger partial charge in [-0.15, -0.1) is 0 Å². The Morgan fingerprint density at radius 1 is 1.15 bits per heavy atom. The van der Waals surface area contributed by atoms with Crippen molar-refractivity contribution in [1.82, 2.24) is 20.0 Å². The second kappa shape index (κ2) is 12.0. The summed E-state index contributed by atoms with van der Waals surface area (Å²) in [7, 11) is 0. The fourth-order valence-corrected chi connectivity index (χ4v) is 3.73. The molecular formula is C21H31F3N4O5. The Morgan fingerprint density at radius 2 is 1.76 bits per heavy atom. The molecule has 2 N–H and O–H groups in total. The third kappa shape index (κ3) is 8.02. The lowest BCUT2D eigenvalue weighted by molar-refractivity contribution is -0.151. The molecule has 0 aromatic carbocycles. The van der Waals surface area contributed by atoms with Gasteiger partial charge >= 0.3 is 18.1 Å². The van der Waals surface area contributed by atoms with Gasteiger partial charge in [-0.2, -0.15) is 18.3 Å². The first-order valence-corrected chi connectivity index (χ1v) is 11.0. The zero-order chi connectivity index (χ0) is 24.6. The summed E-state index contributed by atoms with van der Waals surface area (Å²) in [5, 5.41) is 15.1. The Bertz CT molecular complexity index is 813. The summed E-state index contributed by atoms with van der Waals surface area (Å²) < 4.78 is 43.9. The number of carbonyl (C=O) groups excluding carboxylic acids is 2. The van der Waals surface area contributed by atoms with E-state index in [-0.39, 0.29) is 36.0 Å². The van der Waals surface area contributed by atoms with Crippen LogP contribution in [0.3, 0.4) is 0 Å². The molecule has 0 atom stereocenters. The molecular weight excluding hydrogens is 445 g/mol. The maximum absolute atomic E-state index is 12.6. The Kier molecular flexibility index (Phi) is 9.69. The molecule has 0 spiro atoms. The summed E-state index contributed by atoms with van der Waals surface area (Å²) in [5.41, 5.74) is -0.731. The number of esters is 1. The van der Waals surface area contributed by atoms with Gasteiger partial charge in [0.1, 0.15) is 6.54 Å². The van der Waals surface area contributed by atoms with Crippen molar-refractivity contribution >= 4 is 17.8 Å². The highest BCUT2D eigenvalue weighted by atomic mass is 19.4. The number of likely N-dealkylation sites (tertiary alicyclic amines) is 1. The maximum atomic E-state index is 12.6. The minimum absolute atomic E-state index is 0.0914. The van der Waals surface area contributed by atoms with Gasteiger partial charge in [0.25, 0.3) is 0 Å². The van der Waals surface area contributed by atoms with E-state index < -0.39 is 17.8 Å². The Hall–Kier alpha value is -2.63. The molecule has 2 saturated heterocycles. The molecule has 186 valence electrons. The number of carboxylic acid groups (broad SMARTS) is 1. The van der Waals surface area contributed by atoms with E-state index in [4.69, 9.17) is 9.84 Å². The van der Waals surface area contributed by atoms with Crippen LogP contribution in [0.4, 0.5) is 13.2 Å². The number of aryl methyl sites for hydroxylation is 1. The van der Waals surface area contributed by atoms with Crippen LogP contribution in [0.2, 0.25) is 0 Å². The van der Waals surface area contributed by atoms with Crippen LogP contribution in [-0.2, 0) is 31.8 Å². The van der Waals surface area contributed by atoms with Crippen molar-refractivity contribution in [3.05, 3.63) is 17.5 Å². The summed E-state index contributed by atoms with van der Waals surface area (Å²) in [4.78, 5) is 35.8. The third-order valence-corrected chi connectivity index (χ3v) is 5.71. The van der Waals surface area contributed by atoms with E-state index in [1.165, 1.54) is 6.92 Å². The summed E-state index contributed by atoms with van der Waals surface area (Å²) in [6.07, 6.45) is -1.96. The predicted octanol–water partition coefficient (Wildman–Crippen LogP) is 2.08. The van der Waals surface area contributed by atoms with Crippen LogP contribution in [0.1, 0.15) is 44.0 Å². The van der Waals surface area contributed by atoms with Crippen molar-refractivity contribution in [3.63, 3.8) is 0 Å². The molecule has 0 unspecified atom stereocenters. The van der Waals surface area contributed by atoms with E-state index in [2.05, 4.69) is 10.4 Å². The van der Waals surface area contributed by atoms with Crippen molar-refractivity contribution in [2.24, 2.45) is 11.8 Å². The number of aromatic nitrogens is 2. The number of carbonyl (C=O) groups is 3. The van der Waals surface area contributed by atoms with E-state index in [1.54, 1.807) is 11.8 Å². The van der Waals surface area contributed by atoms with Gasteiger partial charge in [-0.05, 0) is 58.7 Å². The highest BCUT2D eigenvalue weighted by molar-refractivity contribution is 5.77. The van der Waals surface area contributed by atoms with Crippen LogP contribution in [0.15, 0.2) is 6.07 Å². The van der Waals surface area contributed by atoms with Crippen LogP contribution >= 0.6 is 0 Å². The molecule has 1 aromatic heterocycles. The number of nitrogens with one attached hydrogen (secondary N) is 1. The smallest absolute Gasteiger partial charge is 0.435 e. The van der Waals surface area contributed by atoms with Gasteiger partial charge in [-0.1, -0.05) is 0 Å². The second-order valence-electron chi connectivity index (χ2n) is 8.10. The molecule has 9 nitrogen and oxygen atoms in total. The molecule has 12 heteroatoms. The van der Waals surface area contributed by atoms with Crippen LogP contribution < -0.4 is 5.32 Å². The lowest BCUT2D eigenvalue weighted by Crippen LogP contribution is -2.42. The van der Waals surface area contributed by atoms with Crippen molar-refractivity contribution in [2.75, 3.05) is 32.8 Å². The first-order chi connectivity index (χ1) is 15.5. The standard InChI is InChI=1S/C15H20F3N3O3.C6H11NO2/c1-3-24-14(23)11-4-6-20(7-5-11)13(22)9-21-10(2)8-12(19-21)15(16,17)18;8-6(9)5-1-3-7-4-2-5/h8,11H,3-7,9H2,1-2H3;5,7H,1-4H2,(H,8,9). The number of aliphatic carboxylic acids is 1. The first-order valence-electron chi connectivity index (χ1n) is 11.0. The van der Waals surface area contributed by atoms with Gasteiger partial charge in [0.2, 0.25) is 5.91 Å². The second-order valence-corrected chi connectivity index (χ2v) is 8.10. The fraction of sp³-hybridized carbons (Fsp3) is 0.714. The molecule has 0 bridgehead atoms. The largest absolute Gasteiger partial charge is 0.481 e. The Labute approximate surface area is 190 Å². The molecule has 3 rings (SSSR count). The molecule has 0 radical (unpaired) electrons. The molecule has 2 aliphatic rings. The van der Waals surface area contributed by atoms with Crippen molar-refractivity contribution in [2.45, 2.75) is 52.3 Å². The topological polar surface area (TPSA) is 114 Å². The zero-order valence-corrected chi connectivity index (χ0v) is 18.9. The number of halogens is 3. The van der Waals surface area contributed by atoms with Gasteiger partial charge in [0.05, 0.1) is 18.4 Å². The minimum atomic E-state index is -4.53. The molecule has 1 aromatic rings. The number of rotatable bonds is 5. The van der Waals surface area contributed by atoms with Crippen LogP contribution in [0.5, 0.6) is 0 Å². The molecule has 0 aliphatic carbocycles. The number of hydrogen-bond donors (Lipinski definition) is 2. The number of amides is 1. The lowest BCUT2D eigenvalue weighted by atomic mass is 9.97. The molecule has 2 aliphatic heterocycles. The van der Waals surface area contributed by atoms with Gasteiger partial charge < -0.3 is 20.1 Å². The van der Waals surface area contributed by atoms with Gasteiger partial charge in [-0.25, -0.2) is 0 Å². The summed E-state index contributed by atoms with van der Waals surface area (Å²) in [6, 6.07) is 0.917. The van der Waals surface area contributed by atoms with E-state index >= 15 is 0 Å². The average molecular weight is 476 g/mol. The minimum Gasteiger partial charge on any atom is -0.481 e. The van der Waals surface area contributed by atoms with E-state index in [0.29, 0.717) is 32.5 Å². The molecule has 33 heavy (non-hydrogen) atoms. The van der Waals surface area contributed by atoms with E-state index in [1.807, 2.05) is 0 Å². The van der Waals surface area contributed by atoms with Crippen molar-refractivity contribution < 1.29 is 37.4 Å². The zero-order valence-electron chi connectivity index (χ0n) is 18.9. The van der Waals surface area contributed by atoms with Crippen LogP contribution in [0, 0.1) is 18.8 Å². The van der Waals surface area contributed by atoms with E-state index in [0.717, 1.165) is 36.7 Å². The lowest BCUT2D eigenvalue weighted by Gasteiger charge is -2.31. The maximum Gasteiger partial charge on any atom is 0.435 e. The summed E-state index contributed by atoms with van der Waals surface area (Å²) in [5.74, 6) is -1.53. The number of alkyl halides is 3. The summed E-state index contributed by atoms with van der Waals surface area (Å²) in [6.45, 7) is 5.77. The first kappa shape index (κ1) is 26.6. The quantitative estimate of drug-likeness (QED) is 0.626. The van der Waals surface area contributed by atoms with Crippen molar-refractivity contribution in [3.8, 4) is 0 Å². The number of piperidine rings is 2. The van der Waals surface area contributed by atoms with E-state index in [9.17, 15) is 27.6 Å². The highest BCUT2D eigenvalue weighted by Gasteiger charge is 2.35. The Balaban J connectivity index is 0.000000357. The Morgan fingerprint density at radius 3 is 2.21 bits per heavy atom. The average Bonchev–Trinajstić information content (AvgIpc) is 3.16. The highest BCUT2D eigenvalue weighted by Crippen LogP contribution is 2.28. The van der Waals surface area contributed by atoms with Crippen LogP contribution in [0.25, 0.3) is 0 Å². The summed E-state index contributed by atoms with van der Waals surface area (Å²) >= 11 is 0. The number of carboxylic acids is 1. The molecule has 3 heterocycles. The van der Waals surface area contributed by atoms with Gasteiger partial charge in [-0.3, -0.25) is 19.1 Å². The predicted molar refractivity (Wildman–Crippen MR) is 111 cm³/mol. The van der Waals surface area contributed by atoms with Gasteiger partial charge in [0, 0.05) is 18.8 Å². The van der Waals surface area contributed by atoms with Gasteiger partial charge in [0.15, 0.2) is 5.69 Å². The normalized spacial score (nSPS) is 17.8. The molecule has 2 fully saturated rings. The SMILES string of the molecule is CCOC(=O)C1CCN(C(=O)Cn2nc(C(F)(F)F)cc2C)CC1.O=C(O)C1CCNCC1. The molecule has 1 amide bonds. The monoisotopic (exact) mass is 476 g/mol. The fourth-order valence-electron chi connectivity index (χ4n) is 3.73. The third-order valence-electron chi connectivity index (χ3n) is 5.71. The number of nitrogens with zero attached hydrogens (tertiary/aromatic N) is 3. The van der Waals surface area contributed by atoms with Crippen LogP contribution in [-0.4, -0.2) is 70.4 Å². The number of hydrogen-bond acceptors (Lipinski definition) is 6. The van der Waals surface area contributed by atoms with Crippen molar-refractivity contribution in [1.29, 1.82) is 0 Å². The number of ether oxygens (including phenoxy) is 1.